The van der Waals surface area contributed by atoms with Crippen molar-refractivity contribution in [1.29, 1.82) is 0 Å². The van der Waals surface area contributed by atoms with E-state index in [0.717, 1.165) is 11.4 Å². The van der Waals surface area contributed by atoms with Gasteiger partial charge in [0.05, 0.1) is 40.1 Å². The summed E-state index contributed by atoms with van der Waals surface area (Å²) in [5.74, 6) is 1.23. The van der Waals surface area contributed by atoms with E-state index in [9.17, 15) is 9.59 Å². The van der Waals surface area contributed by atoms with Crippen molar-refractivity contribution >= 4 is 23.7 Å². The predicted molar refractivity (Wildman–Crippen MR) is 120 cm³/mol. The van der Waals surface area contributed by atoms with Gasteiger partial charge in [-0.3, -0.25) is 9.59 Å². The Morgan fingerprint density at radius 3 is 2.34 bits per heavy atom. The van der Waals surface area contributed by atoms with Crippen LogP contribution >= 0.6 is 0 Å². The maximum Gasteiger partial charge on any atom is 0.245 e. The summed E-state index contributed by atoms with van der Waals surface area (Å²) in [6.45, 7) is 2.77. The summed E-state index contributed by atoms with van der Waals surface area (Å²) < 4.78 is 21.3. The first kappa shape index (κ1) is 22.9. The molecule has 170 valence electrons. The first-order valence-corrected chi connectivity index (χ1v) is 10.2. The monoisotopic (exact) mass is 441 g/mol. The smallest absolute Gasteiger partial charge is 0.245 e. The molecule has 2 aromatic carbocycles. The van der Waals surface area contributed by atoms with Gasteiger partial charge in [-0.05, 0) is 43.3 Å². The summed E-state index contributed by atoms with van der Waals surface area (Å²) in [5, 5.41) is 4.02. The number of methoxy groups -OCH3 is 3. The molecule has 2 amide bonds. The van der Waals surface area contributed by atoms with Crippen LogP contribution in [0.25, 0.3) is 0 Å². The van der Waals surface area contributed by atoms with Crippen LogP contribution in [0.3, 0.4) is 0 Å². The van der Waals surface area contributed by atoms with Crippen molar-refractivity contribution < 1.29 is 28.5 Å². The summed E-state index contributed by atoms with van der Waals surface area (Å²) in [6.07, 6.45) is 1.60. The average Bonchev–Trinajstić information content (AvgIpc) is 3.20. The molecule has 1 atom stereocenters. The molecular formula is C23H27N3O6. The highest BCUT2D eigenvalue weighted by Gasteiger charge is 2.35. The molecule has 3 rings (SSSR count). The Labute approximate surface area is 186 Å². The number of benzene rings is 2. The molecule has 0 radical (unpaired) electrons. The zero-order valence-corrected chi connectivity index (χ0v) is 18.6. The Kier molecular flexibility index (Phi) is 7.54. The molecule has 0 bridgehead atoms. The second kappa shape index (κ2) is 10.5. The van der Waals surface area contributed by atoms with Gasteiger partial charge in [-0.2, -0.15) is 5.10 Å². The van der Waals surface area contributed by atoms with Crippen LogP contribution < -0.4 is 29.3 Å². The zero-order valence-electron chi connectivity index (χ0n) is 18.6. The van der Waals surface area contributed by atoms with Crippen LogP contribution in [0, 0.1) is 5.92 Å². The van der Waals surface area contributed by atoms with Crippen LogP contribution in [-0.2, 0) is 9.59 Å². The topological polar surface area (TPSA) is 98.7 Å². The average molecular weight is 441 g/mol. The predicted octanol–water partition coefficient (Wildman–Crippen LogP) is 2.61. The van der Waals surface area contributed by atoms with Gasteiger partial charge >= 0.3 is 0 Å². The maximum absolute atomic E-state index is 12.6. The molecule has 0 spiro atoms. The Morgan fingerprint density at radius 1 is 1.12 bits per heavy atom. The van der Waals surface area contributed by atoms with E-state index >= 15 is 0 Å². The van der Waals surface area contributed by atoms with Gasteiger partial charge in [0.25, 0.3) is 0 Å². The van der Waals surface area contributed by atoms with Crippen molar-refractivity contribution in [3.05, 3.63) is 42.0 Å². The van der Waals surface area contributed by atoms with E-state index in [1.807, 2.05) is 19.1 Å². The molecular weight excluding hydrogens is 414 g/mol. The van der Waals surface area contributed by atoms with E-state index in [2.05, 4.69) is 10.5 Å². The van der Waals surface area contributed by atoms with E-state index in [1.165, 1.54) is 27.5 Å². The Morgan fingerprint density at radius 2 is 1.78 bits per heavy atom. The lowest BCUT2D eigenvalue weighted by molar-refractivity contribution is -0.126. The van der Waals surface area contributed by atoms with E-state index < -0.39 is 5.92 Å². The van der Waals surface area contributed by atoms with Gasteiger partial charge < -0.3 is 23.8 Å². The van der Waals surface area contributed by atoms with Crippen LogP contribution in [0.4, 0.5) is 5.69 Å². The highest BCUT2D eigenvalue weighted by molar-refractivity contribution is 6.00. The standard InChI is InChI=1S/C23H27N3O6/c1-5-32-18-8-6-17(7-9-18)26-14-16(12-21(26)27)23(28)25-24-13-15-10-19(29-2)22(31-4)20(11-15)30-3/h6-11,13,16H,5,12,14H2,1-4H3,(H,25,28)/b24-13-/t16-/m0/s1. The normalized spacial score (nSPS) is 15.7. The quantitative estimate of drug-likeness (QED) is 0.475. The van der Waals surface area contributed by atoms with Crippen LogP contribution in [0.1, 0.15) is 18.9 Å². The molecule has 1 saturated heterocycles. The first-order valence-electron chi connectivity index (χ1n) is 10.2. The Bertz CT molecular complexity index is 965. The second-order valence-corrected chi connectivity index (χ2v) is 7.03. The van der Waals surface area contributed by atoms with E-state index in [1.54, 1.807) is 29.2 Å². The summed E-state index contributed by atoms with van der Waals surface area (Å²) in [4.78, 5) is 26.6. The number of hydrogen-bond acceptors (Lipinski definition) is 7. The molecule has 32 heavy (non-hydrogen) atoms. The molecule has 0 saturated carbocycles. The Balaban J connectivity index is 1.63. The lowest BCUT2D eigenvalue weighted by Gasteiger charge is -2.17. The zero-order chi connectivity index (χ0) is 23.1. The molecule has 0 aromatic heterocycles. The molecule has 2 aromatic rings. The van der Waals surface area contributed by atoms with Gasteiger partial charge in [0.2, 0.25) is 17.6 Å². The van der Waals surface area contributed by atoms with Crippen molar-refractivity contribution in [1.82, 2.24) is 5.43 Å². The number of rotatable bonds is 9. The fraction of sp³-hybridized carbons (Fsp3) is 0.348. The summed E-state index contributed by atoms with van der Waals surface area (Å²) in [6, 6.07) is 10.7. The van der Waals surface area contributed by atoms with Gasteiger partial charge in [-0.1, -0.05) is 0 Å². The van der Waals surface area contributed by atoms with Crippen LogP contribution in [0.5, 0.6) is 23.0 Å². The number of carbonyl (C=O) groups excluding carboxylic acids is 2. The number of hydrazone groups is 1. The molecule has 1 aliphatic heterocycles. The number of nitrogens with zero attached hydrogens (tertiary/aromatic N) is 2. The van der Waals surface area contributed by atoms with Crippen LogP contribution in [0.2, 0.25) is 0 Å². The number of ether oxygens (including phenoxy) is 4. The highest BCUT2D eigenvalue weighted by atomic mass is 16.5. The van der Waals surface area contributed by atoms with Crippen molar-refractivity contribution in [2.45, 2.75) is 13.3 Å². The molecule has 0 aliphatic carbocycles. The Hall–Kier alpha value is -3.75. The number of amides is 2. The van der Waals surface area contributed by atoms with Crippen molar-refractivity contribution in [2.24, 2.45) is 11.0 Å². The van der Waals surface area contributed by atoms with Crippen LogP contribution in [0.15, 0.2) is 41.5 Å². The van der Waals surface area contributed by atoms with Crippen molar-refractivity contribution in [3.63, 3.8) is 0 Å². The molecule has 1 aliphatic rings. The lowest BCUT2D eigenvalue weighted by atomic mass is 10.1. The third-order valence-electron chi connectivity index (χ3n) is 5.03. The molecule has 0 unspecified atom stereocenters. The van der Waals surface area contributed by atoms with E-state index in [0.29, 0.717) is 36.0 Å². The van der Waals surface area contributed by atoms with Crippen molar-refractivity contribution in [2.75, 3.05) is 39.4 Å². The SMILES string of the molecule is CCOc1ccc(N2C[C@@H](C(=O)N/N=C\c3cc(OC)c(OC)c(OC)c3)CC2=O)cc1. The number of nitrogens with one attached hydrogen (secondary N) is 1. The van der Waals surface area contributed by atoms with Gasteiger partial charge in [-0.15, -0.1) is 0 Å². The van der Waals surface area contributed by atoms with E-state index in [-0.39, 0.29) is 18.2 Å². The minimum absolute atomic E-state index is 0.108. The second-order valence-electron chi connectivity index (χ2n) is 7.03. The highest BCUT2D eigenvalue weighted by Crippen LogP contribution is 2.37. The van der Waals surface area contributed by atoms with Crippen molar-refractivity contribution in [3.8, 4) is 23.0 Å². The minimum Gasteiger partial charge on any atom is -0.494 e. The fourth-order valence-electron chi connectivity index (χ4n) is 3.46. The first-order chi connectivity index (χ1) is 15.5. The third kappa shape index (κ3) is 5.11. The molecule has 9 heteroatoms. The third-order valence-corrected chi connectivity index (χ3v) is 5.03. The number of hydrogen-bond donors (Lipinski definition) is 1. The summed E-state index contributed by atoms with van der Waals surface area (Å²) in [5.41, 5.74) is 3.90. The molecule has 1 fully saturated rings. The van der Waals surface area contributed by atoms with Gasteiger partial charge in [0.1, 0.15) is 5.75 Å². The summed E-state index contributed by atoms with van der Waals surface area (Å²) >= 11 is 0. The van der Waals surface area contributed by atoms with Crippen LogP contribution in [-0.4, -0.2) is 52.5 Å². The van der Waals surface area contributed by atoms with E-state index in [4.69, 9.17) is 18.9 Å². The summed E-state index contributed by atoms with van der Waals surface area (Å²) in [7, 11) is 4.56. The largest absolute Gasteiger partial charge is 0.494 e. The van der Waals surface area contributed by atoms with Gasteiger partial charge in [0.15, 0.2) is 11.5 Å². The van der Waals surface area contributed by atoms with Gasteiger partial charge in [0, 0.05) is 24.2 Å². The lowest BCUT2D eigenvalue weighted by Crippen LogP contribution is -2.30. The molecule has 1 N–H and O–H groups in total. The molecule has 1 heterocycles. The molecule has 9 nitrogen and oxygen atoms in total. The number of carbonyl (C=O) groups is 2. The van der Waals surface area contributed by atoms with Gasteiger partial charge in [-0.25, -0.2) is 5.43 Å². The fourth-order valence-corrected chi connectivity index (χ4v) is 3.46. The number of anilines is 1. The maximum atomic E-state index is 12.6. The minimum atomic E-state index is -0.494.